The van der Waals surface area contributed by atoms with Crippen LogP contribution in [0.1, 0.15) is 5.56 Å². The van der Waals surface area contributed by atoms with E-state index in [9.17, 15) is 9.18 Å². The Kier molecular flexibility index (Phi) is 4.28. The number of carbonyl (C=O) groups excluding carboxylic acids is 1. The number of carbonyl (C=O) groups is 1. The third-order valence-corrected chi connectivity index (χ3v) is 2.97. The van der Waals surface area contributed by atoms with Crippen LogP contribution in [-0.4, -0.2) is 37.9 Å². The van der Waals surface area contributed by atoms with E-state index in [0.717, 1.165) is 5.56 Å². The first-order valence-electron chi connectivity index (χ1n) is 5.83. The van der Waals surface area contributed by atoms with Gasteiger partial charge in [0.05, 0.1) is 0 Å². The normalized spacial score (nSPS) is 27.1. The molecule has 1 aromatic carbocycles. The molecule has 1 aliphatic rings. The van der Waals surface area contributed by atoms with Crippen molar-refractivity contribution in [1.82, 2.24) is 5.32 Å². The van der Waals surface area contributed by atoms with Gasteiger partial charge in [-0.05, 0) is 5.56 Å². The molecule has 0 amide bonds. The number of benzene rings is 1. The maximum atomic E-state index is 13.4. The van der Waals surface area contributed by atoms with E-state index in [1.165, 1.54) is 7.11 Å². The monoisotopic (exact) mass is 253 g/mol. The summed E-state index contributed by atoms with van der Waals surface area (Å²) >= 11 is 0. The zero-order chi connectivity index (χ0) is 13.0. The van der Waals surface area contributed by atoms with Crippen LogP contribution < -0.4 is 5.32 Å². The largest absolute Gasteiger partial charge is 0.460 e. The SMILES string of the molecule is CO[C@H]1[C@@H](C(=O)OCc2ccccc2)NC[C@@H]1F. The van der Waals surface area contributed by atoms with Gasteiger partial charge >= 0.3 is 5.97 Å². The van der Waals surface area contributed by atoms with Crippen molar-refractivity contribution in [2.75, 3.05) is 13.7 Å². The van der Waals surface area contributed by atoms with Crippen LogP contribution in [0.4, 0.5) is 4.39 Å². The highest BCUT2D eigenvalue weighted by molar-refractivity contribution is 5.77. The van der Waals surface area contributed by atoms with E-state index in [0.29, 0.717) is 0 Å². The topological polar surface area (TPSA) is 47.6 Å². The Labute approximate surface area is 105 Å². The molecule has 1 heterocycles. The van der Waals surface area contributed by atoms with Crippen molar-refractivity contribution in [1.29, 1.82) is 0 Å². The van der Waals surface area contributed by atoms with Crippen LogP contribution in [0, 0.1) is 0 Å². The van der Waals surface area contributed by atoms with Gasteiger partial charge in [0.1, 0.15) is 24.9 Å². The molecule has 0 bridgehead atoms. The molecule has 0 aromatic heterocycles. The highest BCUT2D eigenvalue weighted by Gasteiger charge is 2.41. The van der Waals surface area contributed by atoms with Crippen LogP contribution in [0.5, 0.6) is 0 Å². The Bertz CT molecular complexity index is 398. The van der Waals surface area contributed by atoms with E-state index in [1.54, 1.807) is 0 Å². The lowest BCUT2D eigenvalue weighted by Crippen LogP contribution is -2.41. The van der Waals surface area contributed by atoms with Crippen molar-refractivity contribution < 1.29 is 18.7 Å². The zero-order valence-electron chi connectivity index (χ0n) is 10.1. The van der Waals surface area contributed by atoms with E-state index in [2.05, 4.69) is 5.32 Å². The molecule has 0 spiro atoms. The van der Waals surface area contributed by atoms with Gasteiger partial charge in [0.2, 0.25) is 0 Å². The minimum Gasteiger partial charge on any atom is -0.460 e. The van der Waals surface area contributed by atoms with Gasteiger partial charge in [-0.2, -0.15) is 0 Å². The van der Waals surface area contributed by atoms with E-state index < -0.39 is 24.3 Å². The van der Waals surface area contributed by atoms with Crippen LogP contribution in [-0.2, 0) is 20.9 Å². The van der Waals surface area contributed by atoms with Crippen molar-refractivity contribution in [3.8, 4) is 0 Å². The molecule has 4 nitrogen and oxygen atoms in total. The number of halogens is 1. The third-order valence-electron chi connectivity index (χ3n) is 2.97. The summed E-state index contributed by atoms with van der Waals surface area (Å²) in [5, 5.41) is 2.77. The Morgan fingerprint density at radius 3 is 2.83 bits per heavy atom. The summed E-state index contributed by atoms with van der Waals surface area (Å²) in [5.74, 6) is -0.481. The van der Waals surface area contributed by atoms with Crippen molar-refractivity contribution in [3.63, 3.8) is 0 Å². The minimum atomic E-state index is -1.18. The second kappa shape index (κ2) is 5.93. The Balaban J connectivity index is 1.88. The lowest BCUT2D eigenvalue weighted by Gasteiger charge is -2.17. The molecular formula is C13H16FNO3. The fourth-order valence-corrected chi connectivity index (χ4v) is 2.00. The van der Waals surface area contributed by atoms with Crippen molar-refractivity contribution >= 4 is 5.97 Å². The summed E-state index contributed by atoms with van der Waals surface area (Å²) in [5.41, 5.74) is 0.898. The lowest BCUT2D eigenvalue weighted by atomic mass is 10.1. The van der Waals surface area contributed by atoms with Crippen LogP contribution in [0.25, 0.3) is 0 Å². The number of esters is 1. The number of rotatable bonds is 4. The molecule has 1 saturated heterocycles. The van der Waals surface area contributed by atoms with Crippen LogP contribution in [0.2, 0.25) is 0 Å². The molecule has 1 fully saturated rings. The molecule has 0 saturated carbocycles. The van der Waals surface area contributed by atoms with Gasteiger partial charge in [-0.3, -0.25) is 10.1 Å². The molecule has 1 aromatic rings. The fourth-order valence-electron chi connectivity index (χ4n) is 2.00. The van der Waals surface area contributed by atoms with Gasteiger partial charge in [-0.25, -0.2) is 4.39 Å². The molecule has 5 heteroatoms. The minimum absolute atomic E-state index is 0.115. The summed E-state index contributed by atoms with van der Waals surface area (Å²) in [7, 11) is 1.39. The molecule has 1 N–H and O–H groups in total. The molecule has 0 unspecified atom stereocenters. The van der Waals surface area contributed by atoms with Crippen molar-refractivity contribution in [2.45, 2.75) is 24.9 Å². The highest BCUT2D eigenvalue weighted by Crippen LogP contribution is 2.16. The molecule has 2 rings (SSSR count). The van der Waals surface area contributed by atoms with Gasteiger partial charge in [0.15, 0.2) is 0 Å². The Morgan fingerprint density at radius 2 is 2.17 bits per heavy atom. The van der Waals surface area contributed by atoms with Crippen LogP contribution in [0.15, 0.2) is 30.3 Å². The number of nitrogens with one attached hydrogen (secondary N) is 1. The zero-order valence-corrected chi connectivity index (χ0v) is 10.1. The number of methoxy groups -OCH3 is 1. The molecule has 1 aliphatic heterocycles. The number of hydrogen-bond acceptors (Lipinski definition) is 4. The van der Waals surface area contributed by atoms with Crippen molar-refractivity contribution in [2.24, 2.45) is 0 Å². The molecular weight excluding hydrogens is 237 g/mol. The van der Waals surface area contributed by atoms with Crippen LogP contribution >= 0.6 is 0 Å². The fraction of sp³-hybridized carbons (Fsp3) is 0.462. The van der Waals surface area contributed by atoms with Gasteiger partial charge in [-0.15, -0.1) is 0 Å². The summed E-state index contributed by atoms with van der Waals surface area (Å²) in [6.45, 7) is 0.300. The van der Waals surface area contributed by atoms with E-state index >= 15 is 0 Å². The van der Waals surface area contributed by atoms with Gasteiger partial charge in [0.25, 0.3) is 0 Å². The standard InChI is InChI=1S/C13H16FNO3/c1-17-12-10(14)7-15-11(12)13(16)18-8-9-5-3-2-4-6-9/h2-6,10-12,15H,7-8H2,1H3/t10-,11-,12+/m0/s1. The molecule has 0 aliphatic carbocycles. The van der Waals surface area contributed by atoms with Gasteiger partial charge in [0, 0.05) is 13.7 Å². The molecule has 3 atom stereocenters. The maximum absolute atomic E-state index is 13.4. The lowest BCUT2D eigenvalue weighted by molar-refractivity contribution is -0.150. The smallest absolute Gasteiger partial charge is 0.326 e. The maximum Gasteiger partial charge on any atom is 0.326 e. The second-order valence-electron chi connectivity index (χ2n) is 4.20. The summed E-state index contributed by atoms with van der Waals surface area (Å²) in [4.78, 5) is 11.8. The first kappa shape index (κ1) is 13.0. The second-order valence-corrected chi connectivity index (χ2v) is 4.20. The summed E-state index contributed by atoms with van der Waals surface area (Å²) in [6.07, 6.45) is -1.95. The average molecular weight is 253 g/mol. The molecule has 18 heavy (non-hydrogen) atoms. The van der Waals surface area contributed by atoms with E-state index in [-0.39, 0.29) is 13.2 Å². The van der Waals surface area contributed by atoms with Crippen molar-refractivity contribution in [3.05, 3.63) is 35.9 Å². The first-order chi connectivity index (χ1) is 8.72. The molecule has 0 radical (unpaired) electrons. The number of alkyl halides is 1. The third kappa shape index (κ3) is 2.86. The number of hydrogen-bond donors (Lipinski definition) is 1. The first-order valence-corrected chi connectivity index (χ1v) is 5.83. The van der Waals surface area contributed by atoms with Crippen LogP contribution in [0.3, 0.4) is 0 Å². The highest BCUT2D eigenvalue weighted by atomic mass is 19.1. The molecule has 98 valence electrons. The average Bonchev–Trinajstić information content (AvgIpc) is 2.78. The summed E-state index contributed by atoms with van der Waals surface area (Å²) < 4.78 is 23.5. The quantitative estimate of drug-likeness (QED) is 0.815. The van der Waals surface area contributed by atoms with Gasteiger partial charge < -0.3 is 9.47 Å². The number of ether oxygens (including phenoxy) is 2. The summed E-state index contributed by atoms with van der Waals surface area (Å²) in [6, 6.07) is 8.62. The van der Waals surface area contributed by atoms with E-state index in [4.69, 9.17) is 9.47 Å². The Hall–Kier alpha value is -1.46. The Morgan fingerprint density at radius 1 is 1.44 bits per heavy atom. The van der Waals surface area contributed by atoms with Gasteiger partial charge in [-0.1, -0.05) is 30.3 Å². The van der Waals surface area contributed by atoms with E-state index in [1.807, 2.05) is 30.3 Å². The predicted molar refractivity (Wildman–Crippen MR) is 63.7 cm³/mol. The predicted octanol–water partition coefficient (Wildman–Crippen LogP) is 1.05.